The first-order chi connectivity index (χ1) is 5.86. The average molecular weight is 168 g/mol. The molecule has 0 bridgehead atoms. The topological polar surface area (TPSA) is 30.9 Å². The van der Waals surface area contributed by atoms with Gasteiger partial charge < -0.3 is 10.2 Å². The van der Waals surface area contributed by atoms with Crippen LogP contribution >= 0.6 is 0 Å². The minimum Gasteiger partial charge on any atom is -0.345 e. The van der Waals surface area contributed by atoms with Gasteiger partial charge in [-0.3, -0.25) is 5.01 Å². The third-order valence-electron chi connectivity index (χ3n) is 2.50. The summed E-state index contributed by atoms with van der Waals surface area (Å²) in [7, 11) is 2.06. The van der Waals surface area contributed by atoms with Gasteiger partial charge >= 0.3 is 0 Å². The molecular formula is C8H16N4. The van der Waals surface area contributed by atoms with Gasteiger partial charge in [0.1, 0.15) is 13.0 Å². The van der Waals surface area contributed by atoms with E-state index in [4.69, 9.17) is 0 Å². The number of hydrogen-bond donors (Lipinski definition) is 1. The minimum atomic E-state index is 0.660. The zero-order valence-corrected chi connectivity index (χ0v) is 7.53. The lowest BCUT2D eigenvalue weighted by Crippen LogP contribution is -2.41. The van der Waals surface area contributed by atoms with Crippen LogP contribution in [-0.4, -0.2) is 49.1 Å². The standard InChI is InChI=1S/C8H16N4/c1-11-6-10-12(7-11)8-2-4-9-5-3-8/h6,8-9H,2-5,7H2,1H3. The first-order valence-electron chi connectivity index (χ1n) is 4.58. The Labute approximate surface area is 73.2 Å². The molecule has 2 heterocycles. The molecule has 2 aliphatic rings. The molecule has 0 radical (unpaired) electrons. The minimum absolute atomic E-state index is 0.660. The van der Waals surface area contributed by atoms with Crippen LogP contribution in [0.25, 0.3) is 0 Å². The SMILES string of the molecule is CN1C=NN(C2CCNCC2)C1. The van der Waals surface area contributed by atoms with E-state index in [1.807, 2.05) is 6.34 Å². The fraction of sp³-hybridized carbons (Fsp3) is 0.875. The molecule has 12 heavy (non-hydrogen) atoms. The summed E-state index contributed by atoms with van der Waals surface area (Å²) in [5.74, 6) is 0. The molecule has 4 nitrogen and oxygen atoms in total. The van der Waals surface area contributed by atoms with Crippen LogP contribution in [0.4, 0.5) is 0 Å². The van der Waals surface area contributed by atoms with E-state index in [2.05, 4.69) is 27.4 Å². The van der Waals surface area contributed by atoms with Gasteiger partial charge in [-0.25, -0.2) is 0 Å². The van der Waals surface area contributed by atoms with E-state index in [0.29, 0.717) is 6.04 Å². The monoisotopic (exact) mass is 168 g/mol. The van der Waals surface area contributed by atoms with Crippen molar-refractivity contribution in [3.63, 3.8) is 0 Å². The van der Waals surface area contributed by atoms with Crippen LogP contribution in [0.1, 0.15) is 12.8 Å². The second kappa shape index (κ2) is 3.31. The summed E-state index contributed by atoms with van der Waals surface area (Å²) in [6.45, 7) is 3.24. The Morgan fingerprint density at radius 3 is 2.75 bits per heavy atom. The van der Waals surface area contributed by atoms with Crippen molar-refractivity contribution in [2.45, 2.75) is 18.9 Å². The summed E-state index contributed by atoms with van der Waals surface area (Å²) in [5.41, 5.74) is 0. The molecule has 4 heteroatoms. The summed E-state index contributed by atoms with van der Waals surface area (Å²) in [5, 5.41) is 9.90. The van der Waals surface area contributed by atoms with E-state index >= 15 is 0 Å². The third-order valence-corrected chi connectivity index (χ3v) is 2.50. The maximum atomic E-state index is 4.35. The van der Waals surface area contributed by atoms with Crippen LogP contribution in [0.3, 0.4) is 0 Å². The molecule has 0 saturated carbocycles. The highest BCUT2D eigenvalue weighted by Crippen LogP contribution is 2.14. The number of hydrazone groups is 1. The van der Waals surface area contributed by atoms with Gasteiger partial charge in [-0.05, 0) is 25.9 Å². The van der Waals surface area contributed by atoms with Gasteiger partial charge in [-0.1, -0.05) is 0 Å². The molecule has 1 saturated heterocycles. The van der Waals surface area contributed by atoms with Crippen molar-refractivity contribution in [3.8, 4) is 0 Å². The summed E-state index contributed by atoms with van der Waals surface area (Å²) in [6.07, 6.45) is 4.36. The molecule has 0 unspecified atom stereocenters. The van der Waals surface area contributed by atoms with Crippen LogP contribution in [0.2, 0.25) is 0 Å². The largest absolute Gasteiger partial charge is 0.345 e. The van der Waals surface area contributed by atoms with Crippen molar-refractivity contribution in [3.05, 3.63) is 0 Å². The first kappa shape index (κ1) is 7.86. The van der Waals surface area contributed by atoms with E-state index in [1.165, 1.54) is 12.8 Å². The quantitative estimate of drug-likeness (QED) is 0.592. The van der Waals surface area contributed by atoms with Crippen LogP contribution in [-0.2, 0) is 0 Å². The van der Waals surface area contributed by atoms with E-state index < -0.39 is 0 Å². The number of nitrogens with zero attached hydrogens (tertiary/aromatic N) is 3. The summed E-state index contributed by atoms with van der Waals surface area (Å²) < 4.78 is 0. The Balaban J connectivity index is 1.87. The van der Waals surface area contributed by atoms with Crippen molar-refractivity contribution >= 4 is 6.34 Å². The fourth-order valence-electron chi connectivity index (χ4n) is 1.77. The highest BCUT2D eigenvalue weighted by molar-refractivity contribution is 5.55. The summed E-state index contributed by atoms with van der Waals surface area (Å²) in [4.78, 5) is 2.11. The van der Waals surface area contributed by atoms with Gasteiger partial charge in [0.15, 0.2) is 0 Å². The van der Waals surface area contributed by atoms with Gasteiger partial charge in [0.05, 0.1) is 6.04 Å². The number of piperidine rings is 1. The van der Waals surface area contributed by atoms with E-state index in [0.717, 1.165) is 19.8 Å². The predicted molar refractivity (Wildman–Crippen MR) is 48.9 cm³/mol. The average Bonchev–Trinajstić information content (AvgIpc) is 2.54. The molecule has 1 N–H and O–H groups in total. The summed E-state index contributed by atoms with van der Waals surface area (Å²) in [6, 6.07) is 0.660. The zero-order valence-electron chi connectivity index (χ0n) is 7.53. The Morgan fingerprint density at radius 1 is 1.42 bits per heavy atom. The van der Waals surface area contributed by atoms with Crippen molar-refractivity contribution in [1.82, 2.24) is 15.2 Å². The maximum absolute atomic E-state index is 4.35. The molecular weight excluding hydrogens is 152 g/mol. The Morgan fingerprint density at radius 2 is 2.17 bits per heavy atom. The number of hydrogen-bond acceptors (Lipinski definition) is 4. The molecule has 0 aromatic carbocycles. The van der Waals surface area contributed by atoms with E-state index in [9.17, 15) is 0 Å². The number of rotatable bonds is 1. The van der Waals surface area contributed by atoms with Gasteiger partial charge in [-0.2, -0.15) is 5.10 Å². The molecule has 2 aliphatic heterocycles. The second-order valence-electron chi connectivity index (χ2n) is 3.55. The Bertz CT molecular complexity index is 174. The fourth-order valence-corrected chi connectivity index (χ4v) is 1.77. The zero-order chi connectivity index (χ0) is 8.39. The normalized spacial score (nSPS) is 25.4. The highest BCUT2D eigenvalue weighted by atomic mass is 15.6. The molecule has 2 rings (SSSR count). The molecule has 0 atom stereocenters. The first-order valence-corrected chi connectivity index (χ1v) is 4.58. The molecule has 0 aromatic heterocycles. The Hall–Kier alpha value is -0.770. The van der Waals surface area contributed by atoms with Crippen LogP contribution in [0, 0.1) is 0 Å². The molecule has 0 aromatic rings. The van der Waals surface area contributed by atoms with Gasteiger partial charge in [0.2, 0.25) is 0 Å². The second-order valence-corrected chi connectivity index (χ2v) is 3.55. The van der Waals surface area contributed by atoms with E-state index in [1.54, 1.807) is 0 Å². The van der Waals surface area contributed by atoms with Crippen LogP contribution in [0.15, 0.2) is 5.10 Å². The smallest absolute Gasteiger partial charge is 0.112 e. The number of nitrogens with one attached hydrogen (secondary N) is 1. The Kier molecular flexibility index (Phi) is 2.17. The molecule has 1 fully saturated rings. The maximum Gasteiger partial charge on any atom is 0.112 e. The lowest BCUT2D eigenvalue weighted by Gasteiger charge is -2.30. The lowest BCUT2D eigenvalue weighted by molar-refractivity contribution is 0.152. The molecule has 0 spiro atoms. The molecule has 68 valence electrons. The van der Waals surface area contributed by atoms with Gasteiger partial charge in [-0.15, -0.1) is 0 Å². The molecule has 0 aliphatic carbocycles. The van der Waals surface area contributed by atoms with Crippen LogP contribution < -0.4 is 5.32 Å². The predicted octanol–water partition coefficient (Wildman–Crippen LogP) is -0.113. The third kappa shape index (κ3) is 1.53. The van der Waals surface area contributed by atoms with Crippen molar-refractivity contribution in [1.29, 1.82) is 0 Å². The highest BCUT2D eigenvalue weighted by Gasteiger charge is 2.22. The van der Waals surface area contributed by atoms with Crippen molar-refractivity contribution in [2.24, 2.45) is 5.10 Å². The van der Waals surface area contributed by atoms with Crippen molar-refractivity contribution in [2.75, 3.05) is 26.8 Å². The van der Waals surface area contributed by atoms with Gasteiger partial charge in [0.25, 0.3) is 0 Å². The molecule has 0 amide bonds. The van der Waals surface area contributed by atoms with Crippen molar-refractivity contribution < 1.29 is 0 Å². The van der Waals surface area contributed by atoms with E-state index in [-0.39, 0.29) is 0 Å². The van der Waals surface area contributed by atoms with Crippen LogP contribution in [0.5, 0.6) is 0 Å². The summed E-state index contributed by atoms with van der Waals surface area (Å²) >= 11 is 0. The lowest BCUT2D eigenvalue weighted by atomic mass is 10.1. The van der Waals surface area contributed by atoms with Gasteiger partial charge in [0, 0.05) is 7.05 Å².